The third-order valence-electron chi connectivity index (χ3n) is 3.28. The van der Waals surface area contributed by atoms with Crippen LogP contribution in [0.5, 0.6) is 0 Å². The van der Waals surface area contributed by atoms with Gasteiger partial charge in [-0.05, 0) is 18.2 Å². The van der Waals surface area contributed by atoms with Crippen LogP contribution in [0.15, 0.2) is 18.2 Å². The van der Waals surface area contributed by atoms with Crippen molar-refractivity contribution < 1.29 is 22.9 Å². The van der Waals surface area contributed by atoms with Crippen molar-refractivity contribution in [1.29, 1.82) is 0 Å². The van der Waals surface area contributed by atoms with Crippen molar-refractivity contribution in [3.63, 3.8) is 0 Å². The summed E-state index contributed by atoms with van der Waals surface area (Å²) in [6.07, 6.45) is -2.36. The minimum atomic E-state index is -4.53. The zero-order chi connectivity index (χ0) is 14.8. The Morgan fingerprint density at radius 3 is 2.55 bits per heavy atom. The molecule has 20 heavy (non-hydrogen) atoms. The molecule has 1 heterocycles. The van der Waals surface area contributed by atoms with Crippen LogP contribution >= 0.6 is 11.6 Å². The summed E-state index contributed by atoms with van der Waals surface area (Å²) in [5, 5.41) is 2.12. The summed E-state index contributed by atoms with van der Waals surface area (Å²) in [4.78, 5) is 12.9. The Bertz CT molecular complexity index is 499. The first-order valence-electron chi connectivity index (χ1n) is 6.36. The zero-order valence-corrected chi connectivity index (χ0v) is 11.4. The molecular formula is C13H15ClF3N2O+. The monoisotopic (exact) mass is 307 g/mol. The van der Waals surface area contributed by atoms with E-state index in [1.807, 2.05) is 0 Å². The molecule has 3 nitrogen and oxygen atoms in total. The second kappa shape index (κ2) is 6.01. The van der Waals surface area contributed by atoms with Crippen molar-refractivity contribution in [3.05, 3.63) is 28.8 Å². The number of likely N-dealkylation sites (tertiary alicyclic amines) is 1. The van der Waals surface area contributed by atoms with Crippen molar-refractivity contribution >= 4 is 23.2 Å². The number of hydrogen-bond donors (Lipinski definition) is 2. The summed E-state index contributed by atoms with van der Waals surface area (Å²) < 4.78 is 38.1. The van der Waals surface area contributed by atoms with Gasteiger partial charge in [-0.15, -0.1) is 0 Å². The van der Waals surface area contributed by atoms with Crippen molar-refractivity contribution in [1.82, 2.24) is 0 Å². The van der Waals surface area contributed by atoms with Gasteiger partial charge in [0.05, 0.1) is 23.7 Å². The normalized spacial score (nSPS) is 16.4. The molecule has 2 rings (SSSR count). The summed E-state index contributed by atoms with van der Waals surface area (Å²) in [5.74, 6) is -0.280. The van der Waals surface area contributed by atoms with E-state index in [4.69, 9.17) is 11.6 Å². The number of nitrogens with one attached hydrogen (secondary N) is 2. The van der Waals surface area contributed by atoms with Gasteiger partial charge in [0.25, 0.3) is 5.91 Å². The lowest BCUT2D eigenvalue weighted by molar-refractivity contribution is -0.878. The van der Waals surface area contributed by atoms with Crippen LogP contribution in [0.2, 0.25) is 5.02 Å². The van der Waals surface area contributed by atoms with E-state index in [0.29, 0.717) is 0 Å². The smallest absolute Gasteiger partial charge is 0.327 e. The number of alkyl halides is 3. The van der Waals surface area contributed by atoms with Crippen LogP contribution in [0.4, 0.5) is 18.9 Å². The fourth-order valence-corrected chi connectivity index (χ4v) is 2.53. The number of carbonyl (C=O) groups is 1. The highest BCUT2D eigenvalue weighted by molar-refractivity contribution is 6.31. The van der Waals surface area contributed by atoms with Crippen LogP contribution < -0.4 is 10.2 Å². The predicted octanol–water partition coefficient (Wildman–Crippen LogP) is 1.98. The third kappa shape index (κ3) is 3.86. The highest BCUT2D eigenvalue weighted by Crippen LogP contribution is 2.36. The average molecular weight is 308 g/mol. The first-order valence-corrected chi connectivity index (χ1v) is 6.74. The number of carbonyl (C=O) groups excluding carboxylic acids is 1. The first kappa shape index (κ1) is 15.1. The van der Waals surface area contributed by atoms with Gasteiger partial charge in [0, 0.05) is 18.5 Å². The number of quaternary nitrogens is 1. The minimum Gasteiger partial charge on any atom is -0.327 e. The molecule has 0 unspecified atom stereocenters. The lowest BCUT2D eigenvalue weighted by Crippen LogP contribution is -3.11. The highest BCUT2D eigenvalue weighted by Gasteiger charge is 2.33. The molecule has 2 N–H and O–H groups in total. The Labute approximate surface area is 119 Å². The van der Waals surface area contributed by atoms with E-state index in [-0.39, 0.29) is 23.2 Å². The van der Waals surface area contributed by atoms with Crippen LogP contribution in [0, 0.1) is 0 Å². The van der Waals surface area contributed by atoms with E-state index in [9.17, 15) is 18.0 Å². The Morgan fingerprint density at radius 1 is 1.30 bits per heavy atom. The van der Waals surface area contributed by atoms with E-state index in [0.717, 1.165) is 43.0 Å². The van der Waals surface area contributed by atoms with E-state index >= 15 is 0 Å². The van der Waals surface area contributed by atoms with Gasteiger partial charge in [-0.1, -0.05) is 11.6 Å². The van der Waals surface area contributed by atoms with Gasteiger partial charge in [0.15, 0.2) is 6.54 Å². The molecule has 1 aliphatic heterocycles. The van der Waals surface area contributed by atoms with Crippen molar-refractivity contribution in [2.24, 2.45) is 0 Å². The minimum absolute atomic E-state index is 0.116. The van der Waals surface area contributed by atoms with Gasteiger partial charge < -0.3 is 10.2 Å². The lowest BCUT2D eigenvalue weighted by Gasteiger charge is -2.14. The van der Waals surface area contributed by atoms with E-state index in [2.05, 4.69) is 5.32 Å². The number of amides is 1. The van der Waals surface area contributed by atoms with E-state index in [1.165, 1.54) is 6.07 Å². The van der Waals surface area contributed by atoms with Crippen LogP contribution in [-0.4, -0.2) is 25.5 Å². The largest absolute Gasteiger partial charge is 0.417 e. The molecule has 0 spiro atoms. The molecule has 1 amide bonds. The molecule has 0 aromatic heterocycles. The van der Waals surface area contributed by atoms with Crippen molar-refractivity contribution in [2.45, 2.75) is 19.0 Å². The highest BCUT2D eigenvalue weighted by atomic mass is 35.5. The van der Waals surface area contributed by atoms with E-state index in [1.54, 1.807) is 0 Å². The van der Waals surface area contributed by atoms with Crippen LogP contribution in [0.1, 0.15) is 18.4 Å². The van der Waals surface area contributed by atoms with Gasteiger partial charge in [0.1, 0.15) is 0 Å². The maximum Gasteiger partial charge on any atom is 0.417 e. The first-order chi connectivity index (χ1) is 9.36. The topological polar surface area (TPSA) is 33.5 Å². The Kier molecular flexibility index (Phi) is 4.55. The molecule has 0 saturated carbocycles. The molecule has 0 radical (unpaired) electrons. The number of rotatable bonds is 3. The predicted molar refractivity (Wildman–Crippen MR) is 69.9 cm³/mol. The standard InChI is InChI=1S/C13H14ClF3N2O/c14-11-4-3-9(7-10(11)13(15,16)17)18-12(20)8-19-5-1-2-6-19/h3-4,7H,1-2,5-6,8H2,(H,18,20)/p+1. The number of halogens is 4. The van der Waals surface area contributed by atoms with Gasteiger partial charge in [-0.25, -0.2) is 0 Å². The molecule has 0 aliphatic carbocycles. The van der Waals surface area contributed by atoms with Gasteiger partial charge >= 0.3 is 6.18 Å². The second-order valence-corrected chi connectivity index (χ2v) is 5.28. The Balaban J connectivity index is 2.04. The number of anilines is 1. The molecule has 1 aliphatic rings. The quantitative estimate of drug-likeness (QED) is 0.879. The van der Waals surface area contributed by atoms with Gasteiger partial charge in [-0.3, -0.25) is 4.79 Å². The zero-order valence-electron chi connectivity index (χ0n) is 10.7. The maximum atomic E-state index is 12.7. The van der Waals surface area contributed by atoms with Crippen LogP contribution in [0.25, 0.3) is 0 Å². The molecule has 1 saturated heterocycles. The second-order valence-electron chi connectivity index (χ2n) is 4.87. The molecule has 1 aromatic carbocycles. The summed E-state index contributed by atoms with van der Waals surface area (Å²) in [6.45, 7) is 2.15. The molecule has 0 bridgehead atoms. The SMILES string of the molecule is O=C(C[NH+]1CCCC1)Nc1ccc(Cl)c(C(F)(F)F)c1. The fraction of sp³-hybridized carbons (Fsp3) is 0.462. The molecule has 7 heteroatoms. The van der Waals surface area contributed by atoms with Crippen LogP contribution in [0.3, 0.4) is 0 Å². The van der Waals surface area contributed by atoms with Crippen molar-refractivity contribution in [3.8, 4) is 0 Å². The fourth-order valence-electron chi connectivity index (χ4n) is 2.30. The third-order valence-corrected chi connectivity index (χ3v) is 3.61. The van der Waals surface area contributed by atoms with Crippen LogP contribution in [-0.2, 0) is 11.0 Å². The van der Waals surface area contributed by atoms with Crippen molar-refractivity contribution in [2.75, 3.05) is 25.0 Å². The Hall–Kier alpha value is -1.27. The summed E-state index contributed by atoms with van der Waals surface area (Å²) in [7, 11) is 0. The molecule has 1 aromatic rings. The average Bonchev–Trinajstić information content (AvgIpc) is 2.83. The van der Waals surface area contributed by atoms with Gasteiger partial charge in [0.2, 0.25) is 0 Å². The molecule has 110 valence electrons. The summed E-state index contributed by atoms with van der Waals surface area (Å²) in [5.41, 5.74) is -0.823. The molecule has 0 atom stereocenters. The lowest BCUT2D eigenvalue weighted by atomic mass is 10.2. The van der Waals surface area contributed by atoms with Gasteiger partial charge in [-0.2, -0.15) is 13.2 Å². The molecular weight excluding hydrogens is 293 g/mol. The molecule has 1 fully saturated rings. The summed E-state index contributed by atoms with van der Waals surface area (Å²) >= 11 is 5.52. The van der Waals surface area contributed by atoms with E-state index < -0.39 is 11.7 Å². The number of hydrogen-bond acceptors (Lipinski definition) is 1. The maximum absolute atomic E-state index is 12.7. The number of benzene rings is 1. The Morgan fingerprint density at radius 2 is 1.95 bits per heavy atom. The summed E-state index contributed by atoms with van der Waals surface area (Å²) in [6, 6.07) is 3.37.